The zero-order valence-electron chi connectivity index (χ0n) is 19.0. The first-order valence-electron chi connectivity index (χ1n) is 11.2. The molecular weight excluding hydrogens is 458 g/mol. The van der Waals surface area contributed by atoms with Gasteiger partial charge in [0.2, 0.25) is 5.91 Å². The van der Waals surface area contributed by atoms with Gasteiger partial charge in [0, 0.05) is 22.8 Å². The number of rotatable bonds is 13. The number of aryl methyl sites for hydroxylation is 1. The third-order valence-corrected chi connectivity index (χ3v) is 7.41. The number of hydrogen-bond donors (Lipinski definition) is 1. The van der Waals surface area contributed by atoms with Crippen LogP contribution in [-0.2, 0) is 4.79 Å². The Labute approximate surface area is 203 Å². The van der Waals surface area contributed by atoms with Crippen LogP contribution < -0.4 is 5.32 Å². The zero-order valence-corrected chi connectivity index (χ0v) is 21.4. The van der Waals surface area contributed by atoms with Crippen LogP contribution in [0.25, 0.3) is 11.1 Å². The van der Waals surface area contributed by atoms with Crippen LogP contribution >= 0.6 is 35.3 Å². The van der Waals surface area contributed by atoms with Crippen molar-refractivity contribution in [3.8, 4) is 0 Å². The highest BCUT2D eigenvalue weighted by Gasteiger charge is 2.15. The highest BCUT2D eigenvalue weighted by molar-refractivity contribution is 8.00. The van der Waals surface area contributed by atoms with Gasteiger partial charge in [-0.15, -0.1) is 23.5 Å². The summed E-state index contributed by atoms with van der Waals surface area (Å²) < 4.78 is 5.74. The minimum atomic E-state index is 0.0763. The van der Waals surface area contributed by atoms with Crippen LogP contribution in [0, 0.1) is 6.92 Å². The summed E-state index contributed by atoms with van der Waals surface area (Å²) in [4.78, 5) is 22.8. The van der Waals surface area contributed by atoms with Gasteiger partial charge in [-0.2, -0.15) is 0 Å². The Bertz CT molecular complexity index is 963. The topological polar surface area (TPSA) is 68.0 Å². The van der Waals surface area contributed by atoms with Crippen LogP contribution in [-0.4, -0.2) is 33.1 Å². The summed E-state index contributed by atoms with van der Waals surface area (Å²) in [6.45, 7) is 6.24. The summed E-state index contributed by atoms with van der Waals surface area (Å²) in [5, 5.41) is 4.80. The number of para-hydroxylation sites is 2. The van der Waals surface area contributed by atoms with Gasteiger partial charge in [0.1, 0.15) is 10.5 Å². The van der Waals surface area contributed by atoms with E-state index in [1.165, 1.54) is 0 Å². The second-order valence-electron chi connectivity index (χ2n) is 7.32. The molecule has 1 amide bonds. The van der Waals surface area contributed by atoms with Crippen LogP contribution in [0.3, 0.4) is 0 Å². The van der Waals surface area contributed by atoms with E-state index in [2.05, 4.69) is 35.2 Å². The molecule has 172 valence electrons. The van der Waals surface area contributed by atoms with Crippen LogP contribution in [0.4, 0.5) is 5.69 Å². The molecule has 0 unspecified atom stereocenters. The summed E-state index contributed by atoms with van der Waals surface area (Å²) in [7, 11) is 0. The summed E-state index contributed by atoms with van der Waals surface area (Å²) >= 11 is 5.09. The molecule has 0 spiro atoms. The number of benzene rings is 1. The van der Waals surface area contributed by atoms with Crippen molar-refractivity contribution in [1.29, 1.82) is 0 Å². The number of fused-ring (bicyclic) bond motifs is 1. The van der Waals surface area contributed by atoms with E-state index in [1.807, 2.05) is 31.2 Å². The zero-order chi connectivity index (χ0) is 22.8. The maximum absolute atomic E-state index is 12.6. The first kappa shape index (κ1) is 25.0. The molecule has 0 bridgehead atoms. The fourth-order valence-corrected chi connectivity index (χ4v) is 5.80. The van der Waals surface area contributed by atoms with E-state index in [-0.39, 0.29) is 5.91 Å². The molecule has 0 atom stereocenters. The molecule has 1 N–H and O–H groups in total. The Balaban J connectivity index is 1.38. The van der Waals surface area contributed by atoms with Crippen molar-refractivity contribution in [1.82, 2.24) is 9.97 Å². The predicted octanol–water partition coefficient (Wildman–Crippen LogP) is 7.44. The molecule has 0 radical (unpaired) electrons. The highest BCUT2D eigenvalue weighted by Crippen LogP contribution is 2.35. The molecular formula is C24H31N3O2S3. The molecule has 32 heavy (non-hydrogen) atoms. The number of pyridine rings is 1. The molecule has 3 rings (SSSR count). The summed E-state index contributed by atoms with van der Waals surface area (Å²) in [5.74, 6) is 2.94. The number of hydrogen-bond acceptors (Lipinski definition) is 7. The molecule has 1 aromatic carbocycles. The van der Waals surface area contributed by atoms with Crippen molar-refractivity contribution in [2.45, 2.75) is 68.0 Å². The smallest absolute Gasteiger partial charge is 0.256 e. The van der Waals surface area contributed by atoms with E-state index in [1.54, 1.807) is 35.3 Å². The number of unbranched alkanes of at least 4 members (excludes halogenated alkanes) is 3. The van der Waals surface area contributed by atoms with Crippen molar-refractivity contribution in [2.24, 2.45) is 0 Å². The van der Waals surface area contributed by atoms with Gasteiger partial charge in [-0.1, -0.05) is 50.6 Å². The molecule has 0 saturated carbocycles. The first-order valence-corrected chi connectivity index (χ1v) is 14.1. The molecule has 0 fully saturated rings. The second-order valence-corrected chi connectivity index (χ2v) is 10.9. The number of anilines is 1. The van der Waals surface area contributed by atoms with E-state index in [0.29, 0.717) is 6.42 Å². The van der Waals surface area contributed by atoms with Crippen molar-refractivity contribution >= 4 is 58.0 Å². The quantitative estimate of drug-likeness (QED) is 0.198. The van der Waals surface area contributed by atoms with E-state index >= 15 is 0 Å². The number of thioether (sulfide) groups is 3. The summed E-state index contributed by atoms with van der Waals surface area (Å²) in [5.41, 5.74) is 3.62. The Hall–Kier alpha value is -1.64. The van der Waals surface area contributed by atoms with E-state index < -0.39 is 0 Å². The lowest BCUT2D eigenvalue weighted by Crippen LogP contribution is -2.13. The largest absolute Gasteiger partial charge is 0.431 e. The second kappa shape index (κ2) is 13.2. The third-order valence-electron chi connectivity index (χ3n) is 4.72. The van der Waals surface area contributed by atoms with Gasteiger partial charge < -0.3 is 9.73 Å². The van der Waals surface area contributed by atoms with Gasteiger partial charge in [0.15, 0.2) is 5.58 Å². The summed E-state index contributed by atoms with van der Waals surface area (Å²) in [6, 6.07) is 9.91. The van der Waals surface area contributed by atoms with Gasteiger partial charge in [0.25, 0.3) is 5.22 Å². The molecule has 5 nitrogen and oxygen atoms in total. The van der Waals surface area contributed by atoms with Crippen molar-refractivity contribution < 1.29 is 9.21 Å². The standard InChI is InChI=1S/C24H31N3O2S3/c1-4-30-20-16-17(3)25-23(31-5-2)22(20)27-21(28)14-8-6-7-11-15-32-24-26-18-12-9-10-13-19(18)29-24/h9-10,12-13,16H,4-8,11,14-15H2,1-3H3,(H,27,28). The van der Waals surface area contributed by atoms with Gasteiger partial charge in [0.05, 0.1) is 5.69 Å². The maximum Gasteiger partial charge on any atom is 0.256 e. The lowest BCUT2D eigenvalue weighted by Gasteiger charge is -2.15. The van der Waals surface area contributed by atoms with Crippen LogP contribution in [0.5, 0.6) is 0 Å². The normalized spacial score (nSPS) is 11.2. The first-order chi connectivity index (χ1) is 15.6. The van der Waals surface area contributed by atoms with Crippen LogP contribution in [0.2, 0.25) is 0 Å². The molecule has 8 heteroatoms. The number of amides is 1. The number of nitrogens with zero attached hydrogens (tertiary/aromatic N) is 2. The Morgan fingerprint density at radius 3 is 2.56 bits per heavy atom. The lowest BCUT2D eigenvalue weighted by molar-refractivity contribution is -0.116. The fraction of sp³-hybridized carbons (Fsp3) is 0.458. The minimum absolute atomic E-state index is 0.0763. The Kier molecular flexibility index (Phi) is 10.3. The molecule has 0 aliphatic carbocycles. The molecule has 2 aromatic heterocycles. The van der Waals surface area contributed by atoms with Crippen molar-refractivity contribution in [2.75, 3.05) is 22.6 Å². The number of oxazole rings is 1. The average molecular weight is 490 g/mol. The SMILES string of the molecule is CCSc1cc(C)nc(SCC)c1NC(=O)CCCCCCSc1nc2ccccc2o1. The maximum atomic E-state index is 12.6. The Morgan fingerprint density at radius 1 is 1.00 bits per heavy atom. The lowest BCUT2D eigenvalue weighted by atomic mass is 10.1. The van der Waals surface area contributed by atoms with E-state index in [4.69, 9.17) is 4.42 Å². The summed E-state index contributed by atoms with van der Waals surface area (Å²) in [6.07, 6.45) is 4.66. The number of carbonyl (C=O) groups is 1. The number of carbonyl (C=O) groups excluding carboxylic acids is 1. The average Bonchev–Trinajstić information content (AvgIpc) is 3.18. The Morgan fingerprint density at radius 2 is 1.78 bits per heavy atom. The molecule has 0 saturated heterocycles. The van der Waals surface area contributed by atoms with E-state index in [9.17, 15) is 4.79 Å². The number of aromatic nitrogens is 2. The molecule has 3 aromatic rings. The monoisotopic (exact) mass is 489 g/mol. The highest BCUT2D eigenvalue weighted by atomic mass is 32.2. The molecule has 0 aliphatic heterocycles. The molecule has 2 heterocycles. The van der Waals surface area contributed by atoms with Gasteiger partial charge >= 0.3 is 0 Å². The van der Waals surface area contributed by atoms with E-state index in [0.717, 1.165) is 80.6 Å². The third kappa shape index (κ3) is 7.46. The molecule has 0 aliphatic rings. The van der Waals surface area contributed by atoms with Crippen LogP contribution in [0.15, 0.2) is 49.9 Å². The van der Waals surface area contributed by atoms with Crippen LogP contribution in [0.1, 0.15) is 51.6 Å². The van der Waals surface area contributed by atoms with Gasteiger partial charge in [-0.05, 0) is 49.5 Å². The van der Waals surface area contributed by atoms with Crippen molar-refractivity contribution in [3.05, 3.63) is 36.0 Å². The van der Waals surface area contributed by atoms with Crippen molar-refractivity contribution in [3.63, 3.8) is 0 Å². The van der Waals surface area contributed by atoms with Gasteiger partial charge in [-0.3, -0.25) is 4.79 Å². The minimum Gasteiger partial charge on any atom is -0.431 e. The fourth-order valence-electron chi connectivity index (χ4n) is 3.26. The predicted molar refractivity (Wildman–Crippen MR) is 138 cm³/mol. The van der Waals surface area contributed by atoms with Gasteiger partial charge in [-0.25, -0.2) is 9.97 Å². The number of nitrogens with one attached hydrogen (secondary N) is 1.